The van der Waals surface area contributed by atoms with Gasteiger partial charge in [0.15, 0.2) is 0 Å². The summed E-state index contributed by atoms with van der Waals surface area (Å²) in [6.45, 7) is 0. The van der Waals surface area contributed by atoms with Gasteiger partial charge in [-0.15, -0.1) is 0 Å². The molecule has 10 heavy (non-hydrogen) atoms. The summed E-state index contributed by atoms with van der Waals surface area (Å²) < 4.78 is 0. The molecule has 0 saturated heterocycles. The topological polar surface area (TPSA) is 41.1 Å². The van der Waals surface area contributed by atoms with Gasteiger partial charge in [0.1, 0.15) is 0 Å². The first-order valence-corrected chi connectivity index (χ1v) is 2.93. The van der Waals surface area contributed by atoms with Crippen LogP contribution in [0.5, 0.6) is 0 Å². The van der Waals surface area contributed by atoms with Gasteiger partial charge < -0.3 is 10.6 Å². The molecule has 0 aromatic rings. The molecule has 0 saturated carbocycles. The van der Waals surface area contributed by atoms with E-state index >= 15 is 0 Å². The van der Waals surface area contributed by atoms with Crippen molar-refractivity contribution < 1.29 is 4.79 Å². The molecule has 0 fully saturated rings. The minimum atomic E-state index is 0.642. The number of nitrogens with one attached hydrogen (secondary N) is 2. The quantitative estimate of drug-likeness (QED) is 0.534. The van der Waals surface area contributed by atoms with Gasteiger partial charge in [-0.05, 0) is 12.2 Å². The minimum Gasteiger partial charge on any atom is -0.366 e. The Kier molecular flexibility index (Phi) is 2.31. The van der Waals surface area contributed by atoms with Crippen LogP contribution in [-0.4, -0.2) is 6.41 Å². The van der Waals surface area contributed by atoms with Crippen molar-refractivity contribution in [1.29, 1.82) is 0 Å². The molecule has 0 aromatic carbocycles. The molecule has 0 bridgehead atoms. The summed E-state index contributed by atoms with van der Waals surface area (Å²) in [6.07, 6.45) is 9.59. The van der Waals surface area contributed by atoms with Crippen LogP contribution >= 0.6 is 0 Å². The van der Waals surface area contributed by atoms with Crippen LogP contribution in [0.15, 0.2) is 36.3 Å². The zero-order valence-corrected chi connectivity index (χ0v) is 5.37. The second kappa shape index (κ2) is 3.50. The maximum Gasteiger partial charge on any atom is 0.211 e. The first kappa shape index (κ1) is 6.61. The predicted molar refractivity (Wildman–Crippen MR) is 38.7 cm³/mol. The average molecular weight is 136 g/mol. The summed E-state index contributed by atoms with van der Waals surface area (Å²) in [7, 11) is 0. The van der Waals surface area contributed by atoms with Crippen molar-refractivity contribution in [1.82, 2.24) is 10.6 Å². The van der Waals surface area contributed by atoms with Crippen molar-refractivity contribution in [3.05, 3.63) is 36.3 Å². The Labute approximate surface area is 59.1 Å². The maximum atomic E-state index is 9.95. The van der Waals surface area contributed by atoms with Gasteiger partial charge in [0.25, 0.3) is 0 Å². The molecule has 1 rings (SSSR count). The van der Waals surface area contributed by atoms with Gasteiger partial charge in [0, 0.05) is 12.4 Å². The first-order valence-electron chi connectivity index (χ1n) is 2.93. The van der Waals surface area contributed by atoms with Crippen LogP contribution in [0.4, 0.5) is 0 Å². The monoisotopic (exact) mass is 136 g/mol. The van der Waals surface area contributed by atoms with E-state index in [-0.39, 0.29) is 0 Å². The SMILES string of the molecule is O=CNC1=CNC=CC=C1. The van der Waals surface area contributed by atoms with Crippen molar-refractivity contribution in [3.63, 3.8) is 0 Å². The normalized spacial score (nSPS) is 15.0. The lowest BCUT2D eigenvalue weighted by molar-refractivity contribution is -0.108. The van der Waals surface area contributed by atoms with Gasteiger partial charge in [-0.1, -0.05) is 6.08 Å². The van der Waals surface area contributed by atoms with Gasteiger partial charge in [-0.3, -0.25) is 4.79 Å². The van der Waals surface area contributed by atoms with Crippen molar-refractivity contribution in [2.75, 3.05) is 0 Å². The van der Waals surface area contributed by atoms with Crippen LogP contribution in [0.3, 0.4) is 0 Å². The van der Waals surface area contributed by atoms with Crippen LogP contribution in [-0.2, 0) is 4.79 Å². The highest BCUT2D eigenvalue weighted by Gasteiger charge is 1.87. The van der Waals surface area contributed by atoms with E-state index in [1.54, 1.807) is 18.5 Å². The van der Waals surface area contributed by atoms with E-state index in [9.17, 15) is 4.79 Å². The molecule has 52 valence electrons. The molecule has 0 unspecified atom stereocenters. The fourth-order valence-corrected chi connectivity index (χ4v) is 0.614. The lowest BCUT2D eigenvalue weighted by Gasteiger charge is -1.95. The lowest BCUT2D eigenvalue weighted by Crippen LogP contribution is -2.10. The van der Waals surface area contributed by atoms with Crippen LogP contribution < -0.4 is 10.6 Å². The number of carbonyl (C=O) groups excluding carboxylic acids is 1. The Morgan fingerprint density at radius 3 is 3.20 bits per heavy atom. The van der Waals surface area contributed by atoms with Crippen LogP contribution in [0.2, 0.25) is 0 Å². The molecule has 0 spiro atoms. The molecule has 0 atom stereocenters. The van der Waals surface area contributed by atoms with E-state index < -0.39 is 0 Å². The number of amides is 1. The van der Waals surface area contributed by atoms with Crippen molar-refractivity contribution in [3.8, 4) is 0 Å². The smallest absolute Gasteiger partial charge is 0.211 e. The second-order valence-electron chi connectivity index (χ2n) is 1.75. The number of carbonyl (C=O) groups is 1. The predicted octanol–water partition coefficient (Wildman–Crippen LogP) is 0.247. The Morgan fingerprint density at radius 1 is 1.50 bits per heavy atom. The standard InChI is InChI=1S/C7H8N2O/c10-6-9-7-3-1-2-4-8-5-7/h1-6,8H,(H,9,10). The Balaban J connectivity index is 2.59. The number of allylic oxidation sites excluding steroid dienone is 3. The zero-order valence-electron chi connectivity index (χ0n) is 5.37. The third kappa shape index (κ3) is 1.78. The summed E-state index contributed by atoms with van der Waals surface area (Å²) >= 11 is 0. The first-order chi connectivity index (χ1) is 4.93. The summed E-state index contributed by atoms with van der Waals surface area (Å²) in [5, 5.41) is 5.37. The number of rotatable bonds is 2. The van der Waals surface area contributed by atoms with E-state index in [2.05, 4.69) is 10.6 Å². The molecule has 1 aliphatic rings. The molecule has 3 heteroatoms. The third-order valence-electron chi connectivity index (χ3n) is 1.04. The van der Waals surface area contributed by atoms with E-state index in [4.69, 9.17) is 0 Å². The molecule has 1 aliphatic heterocycles. The Hall–Kier alpha value is -1.51. The third-order valence-corrected chi connectivity index (χ3v) is 1.04. The van der Waals surface area contributed by atoms with Crippen molar-refractivity contribution in [2.45, 2.75) is 0 Å². The maximum absolute atomic E-state index is 9.95. The van der Waals surface area contributed by atoms with Gasteiger partial charge in [-0.25, -0.2) is 0 Å². The Bertz CT molecular complexity index is 204. The lowest BCUT2D eigenvalue weighted by atomic mass is 10.4. The zero-order chi connectivity index (χ0) is 7.23. The van der Waals surface area contributed by atoms with Crippen molar-refractivity contribution >= 4 is 6.41 Å². The van der Waals surface area contributed by atoms with E-state index in [0.717, 1.165) is 5.70 Å². The molecule has 1 amide bonds. The van der Waals surface area contributed by atoms with Crippen LogP contribution in [0.1, 0.15) is 0 Å². The molecule has 3 nitrogen and oxygen atoms in total. The largest absolute Gasteiger partial charge is 0.366 e. The number of hydrogen-bond donors (Lipinski definition) is 2. The van der Waals surface area contributed by atoms with Gasteiger partial charge >= 0.3 is 0 Å². The number of hydrogen-bond acceptors (Lipinski definition) is 2. The highest BCUT2D eigenvalue weighted by atomic mass is 16.1. The van der Waals surface area contributed by atoms with Crippen molar-refractivity contribution in [2.24, 2.45) is 0 Å². The molecular formula is C7H8N2O. The van der Waals surface area contributed by atoms with E-state index in [1.807, 2.05) is 12.2 Å². The molecule has 2 N–H and O–H groups in total. The fourth-order valence-electron chi connectivity index (χ4n) is 0.614. The highest BCUT2D eigenvalue weighted by Crippen LogP contribution is 1.92. The minimum absolute atomic E-state index is 0.642. The molecule has 1 heterocycles. The molecule has 0 radical (unpaired) electrons. The molecule has 0 aliphatic carbocycles. The summed E-state index contributed by atoms with van der Waals surface area (Å²) in [4.78, 5) is 9.95. The Morgan fingerprint density at radius 2 is 2.40 bits per heavy atom. The van der Waals surface area contributed by atoms with Gasteiger partial charge in [0.05, 0.1) is 5.70 Å². The van der Waals surface area contributed by atoms with E-state index in [0.29, 0.717) is 6.41 Å². The van der Waals surface area contributed by atoms with Crippen LogP contribution in [0.25, 0.3) is 0 Å². The summed E-state index contributed by atoms with van der Waals surface area (Å²) in [6, 6.07) is 0. The summed E-state index contributed by atoms with van der Waals surface area (Å²) in [5.41, 5.74) is 0.750. The average Bonchev–Trinajstić information content (AvgIpc) is 2.17. The van der Waals surface area contributed by atoms with Gasteiger partial charge in [-0.2, -0.15) is 0 Å². The molecular weight excluding hydrogens is 128 g/mol. The summed E-state index contributed by atoms with van der Waals surface area (Å²) in [5.74, 6) is 0. The van der Waals surface area contributed by atoms with Gasteiger partial charge in [0.2, 0.25) is 6.41 Å². The fraction of sp³-hybridized carbons (Fsp3) is 0. The van der Waals surface area contributed by atoms with Crippen LogP contribution in [0, 0.1) is 0 Å². The van der Waals surface area contributed by atoms with E-state index in [1.165, 1.54) is 0 Å². The second-order valence-corrected chi connectivity index (χ2v) is 1.75. The molecule has 0 aromatic heterocycles. The highest BCUT2D eigenvalue weighted by molar-refractivity contribution is 5.52.